The van der Waals surface area contributed by atoms with Gasteiger partial charge in [-0.3, -0.25) is 48.6 Å². The van der Waals surface area contributed by atoms with Crippen molar-refractivity contribution in [2.45, 2.75) is 76.7 Å². The van der Waals surface area contributed by atoms with Crippen LogP contribution in [0.2, 0.25) is 0 Å². The van der Waals surface area contributed by atoms with Gasteiger partial charge in [-0.05, 0) is 61.7 Å². The van der Waals surface area contributed by atoms with Crippen molar-refractivity contribution in [3.05, 3.63) is 105 Å². The molecule has 4 N–H and O–H groups in total. The van der Waals surface area contributed by atoms with Gasteiger partial charge in [-0.1, -0.05) is 62.4 Å². The Morgan fingerprint density at radius 1 is 0.790 bits per heavy atom. The Morgan fingerprint density at radius 3 is 2.26 bits per heavy atom. The molecule has 2 fully saturated rings. The molecule has 3 aliphatic rings. The molecule has 2 saturated heterocycles. The largest absolute Gasteiger partial charge is 0.339 e. The molecular formula is C45H49FN8O8. The van der Waals surface area contributed by atoms with Gasteiger partial charge < -0.3 is 20.4 Å². The third-order valence-electron chi connectivity index (χ3n) is 11.6. The maximum absolute atomic E-state index is 14.9. The number of hydrogen-bond donors (Lipinski definition) is 4. The lowest BCUT2D eigenvalue weighted by molar-refractivity contribution is -0.136. The highest BCUT2D eigenvalue weighted by Gasteiger charge is 2.45. The lowest BCUT2D eigenvalue weighted by Crippen LogP contribution is -2.54. The Balaban J connectivity index is 0.742. The molecule has 62 heavy (non-hydrogen) atoms. The summed E-state index contributed by atoms with van der Waals surface area (Å²) in [7, 11) is 0. The summed E-state index contributed by atoms with van der Waals surface area (Å²) < 4.78 is 14.9. The molecule has 17 heteroatoms. The quantitative estimate of drug-likeness (QED) is 0.0895. The maximum Gasteiger partial charge on any atom is 0.272 e. The average molecular weight is 849 g/mol. The number of rotatable bonds is 17. The fourth-order valence-electron chi connectivity index (χ4n) is 8.26. The number of amides is 7. The minimum atomic E-state index is -1.09. The number of nitrogens with one attached hydrogen (secondary N) is 4. The molecule has 16 nitrogen and oxygen atoms in total. The first kappa shape index (κ1) is 43.5. The van der Waals surface area contributed by atoms with Gasteiger partial charge >= 0.3 is 0 Å². The fraction of sp³-hybridized carbons (Fsp3) is 0.400. The number of fused-ring (bicyclic) bond motifs is 2. The predicted molar refractivity (Wildman–Crippen MR) is 226 cm³/mol. The summed E-state index contributed by atoms with van der Waals surface area (Å²) >= 11 is 0. The van der Waals surface area contributed by atoms with Crippen LogP contribution in [0.1, 0.15) is 107 Å². The average Bonchev–Trinajstić information content (AvgIpc) is 3.53. The standard InChI is InChI=1S/C45H49FN8O8/c46-33-17-16-28(26-35-29-11-7-8-12-30(29)41(58)51-50-35)25-32(33)43(60)53-23-21-52(22-24-53)39(57)15-6-4-2-1-3-5-9-20-47-27-38(56)48-34-14-10-13-31-40(34)45(62)54(44(31)61)36-18-19-37(55)49-42(36)59/h7-8,10-14,16-17,25,36,47H,1-6,9,15,18-24,26-27H2,(H,48,56)(H,51,58)(H,49,55,59). The van der Waals surface area contributed by atoms with Crippen molar-refractivity contribution in [1.29, 1.82) is 0 Å². The van der Waals surface area contributed by atoms with Gasteiger partial charge in [0.1, 0.15) is 11.9 Å². The fourth-order valence-corrected chi connectivity index (χ4v) is 8.26. The van der Waals surface area contributed by atoms with Crippen molar-refractivity contribution >= 4 is 57.8 Å². The number of anilines is 1. The van der Waals surface area contributed by atoms with Crippen molar-refractivity contribution in [2.24, 2.45) is 0 Å². The Kier molecular flexibility index (Phi) is 13.9. The van der Waals surface area contributed by atoms with E-state index in [9.17, 15) is 42.7 Å². The van der Waals surface area contributed by atoms with Gasteiger partial charge in [0.05, 0.1) is 40.0 Å². The number of hydrogen-bond acceptors (Lipinski definition) is 10. The number of carbonyl (C=O) groups excluding carboxylic acids is 7. The van der Waals surface area contributed by atoms with E-state index in [0.29, 0.717) is 67.6 Å². The highest BCUT2D eigenvalue weighted by Crippen LogP contribution is 2.32. The number of nitrogens with zero attached hydrogens (tertiary/aromatic N) is 4. The van der Waals surface area contributed by atoms with E-state index in [-0.39, 0.29) is 59.1 Å². The summed E-state index contributed by atoms with van der Waals surface area (Å²) in [4.78, 5) is 106. The molecule has 7 rings (SSSR count). The molecule has 4 heterocycles. The molecule has 1 unspecified atom stereocenters. The second-order valence-electron chi connectivity index (χ2n) is 15.8. The number of unbranched alkanes of at least 4 members (excludes halogenated alkanes) is 6. The topological polar surface area (TPSA) is 211 Å². The first-order chi connectivity index (χ1) is 30.0. The zero-order valence-electron chi connectivity index (χ0n) is 34.3. The number of carbonyl (C=O) groups is 7. The summed E-state index contributed by atoms with van der Waals surface area (Å²) in [6, 6.07) is 15.0. The molecule has 3 aliphatic heterocycles. The van der Waals surface area contributed by atoms with E-state index in [1.54, 1.807) is 34.1 Å². The molecule has 3 aromatic carbocycles. The molecule has 0 radical (unpaired) electrons. The first-order valence-corrected chi connectivity index (χ1v) is 21.2. The van der Waals surface area contributed by atoms with Crippen molar-refractivity contribution in [1.82, 2.24) is 35.5 Å². The third kappa shape index (κ3) is 9.94. The number of aromatic nitrogens is 2. The maximum atomic E-state index is 14.9. The van der Waals surface area contributed by atoms with E-state index in [1.165, 1.54) is 24.3 Å². The second kappa shape index (κ2) is 19.8. The van der Waals surface area contributed by atoms with Gasteiger partial charge in [-0.25, -0.2) is 9.49 Å². The van der Waals surface area contributed by atoms with Crippen LogP contribution in [0, 0.1) is 5.82 Å². The van der Waals surface area contributed by atoms with E-state index in [0.717, 1.165) is 49.8 Å². The van der Waals surface area contributed by atoms with Gasteiger partial charge in [0.15, 0.2) is 0 Å². The van der Waals surface area contributed by atoms with E-state index < -0.39 is 41.4 Å². The monoisotopic (exact) mass is 848 g/mol. The Hall–Kier alpha value is -6.62. The van der Waals surface area contributed by atoms with E-state index in [1.807, 2.05) is 12.1 Å². The van der Waals surface area contributed by atoms with Crippen molar-refractivity contribution in [2.75, 3.05) is 44.6 Å². The lowest BCUT2D eigenvalue weighted by Gasteiger charge is -2.35. The minimum Gasteiger partial charge on any atom is -0.339 e. The number of imide groups is 2. The van der Waals surface area contributed by atoms with Crippen LogP contribution in [0.5, 0.6) is 0 Å². The van der Waals surface area contributed by atoms with Gasteiger partial charge in [0, 0.05) is 50.8 Å². The van der Waals surface area contributed by atoms with Gasteiger partial charge in [-0.2, -0.15) is 5.10 Å². The van der Waals surface area contributed by atoms with E-state index in [2.05, 4.69) is 26.1 Å². The van der Waals surface area contributed by atoms with Gasteiger partial charge in [-0.15, -0.1) is 0 Å². The number of aromatic amines is 1. The first-order valence-electron chi connectivity index (χ1n) is 21.2. The van der Waals surface area contributed by atoms with Crippen LogP contribution in [0.15, 0.2) is 65.5 Å². The van der Waals surface area contributed by atoms with Crippen LogP contribution in [0.4, 0.5) is 10.1 Å². The Labute approximate surface area is 356 Å². The zero-order chi connectivity index (χ0) is 43.8. The van der Waals surface area contributed by atoms with Crippen LogP contribution in [-0.4, -0.2) is 112 Å². The molecule has 1 atom stereocenters. The Morgan fingerprint density at radius 2 is 1.50 bits per heavy atom. The van der Waals surface area contributed by atoms with Crippen molar-refractivity contribution in [3.8, 4) is 0 Å². The van der Waals surface area contributed by atoms with Crippen molar-refractivity contribution in [3.63, 3.8) is 0 Å². The highest BCUT2D eigenvalue weighted by molar-refractivity contribution is 6.26. The number of H-pyrrole nitrogens is 1. The van der Waals surface area contributed by atoms with E-state index in [4.69, 9.17) is 0 Å². The summed E-state index contributed by atoms with van der Waals surface area (Å²) in [6.07, 6.45) is 7.33. The van der Waals surface area contributed by atoms with Crippen LogP contribution in [0.3, 0.4) is 0 Å². The Bertz CT molecular complexity index is 2460. The molecule has 324 valence electrons. The third-order valence-corrected chi connectivity index (χ3v) is 11.6. The lowest BCUT2D eigenvalue weighted by atomic mass is 10.0. The van der Waals surface area contributed by atoms with Gasteiger partial charge in [0.25, 0.3) is 23.3 Å². The molecular weight excluding hydrogens is 800 g/mol. The van der Waals surface area contributed by atoms with Crippen LogP contribution in [-0.2, 0) is 25.6 Å². The predicted octanol–water partition coefficient (Wildman–Crippen LogP) is 3.69. The number of halogens is 1. The van der Waals surface area contributed by atoms with E-state index >= 15 is 0 Å². The summed E-state index contributed by atoms with van der Waals surface area (Å²) in [5, 5.41) is 15.9. The van der Waals surface area contributed by atoms with Crippen LogP contribution in [0.25, 0.3) is 10.8 Å². The number of piperidine rings is 1. The zero-order valence-corrected chi connectivity index (χ0v) is 34.3. The molecule has 7 amide bonds. The highest BCUT2D eigenvalue weighted by atomic mass is 19.1. The SMILES string of the molecule is O=C1CCC(N2C(=O)c3cccc(NC(=O)CNCCCCCCCCCC(=O)N4CCN(C(=O)c5cc(Cc6n[nH]c(=O)c7ccccc67)ccc5F)CC4)c3C2=O)C(=O)N1. The number of piperazine rings is 1. The molecule has 0 saturated carbocycles. The van der Waals surface area contributed by atoms with Crippen LogP contribution < -0.4 is 21.5 Å². The van der Waals surface area contributed by atoms with Crippen LogP contribution >= 0.6 is 0 Å². The minimum absolute atomic E-state index is 0.00515. The summed E-state index contributed by atoms with van der Waals surface area (Å²) in [5.74, 6) is -3.87. The second-order valence-corrected chi connectivity index (χ2v) is 15.8. The molecule has 0 spiro atoms. The molecule has 0 bridgehead atoms. The molecule has 4 aromatic rings. The summed E-state index contributed by atoms with van der Waals surface area (Å²) in [6.45, 7) is 2.01. The smallest absolute Gasteiger partial charge is 0.272 e. The van der Waals surface area contributed by atoms with Crippen molar-refractivity contribution < 1.29 is 38.0 Å². The molecule has 1 aromatic heterocycles. The normalized spacial score (nSPS) is 16.5. The summed E-state index contributed by atoms with van der Waals surface area (Å²) in [5.41, 5.74) is 1.27. The number of benzene rings is 3. The van der Waals surface area contributed by atoms with Gasteiger partial charge in [0.2, 0.25) is 23.6 Å². The molecule has 0 aliphatic carbocycles.